The molecule has 18 heavy (non-hydrogen) atoms. The Labute approximate surface area is 107 Å². The highest BCUT2D eigenvalue weighted by Crippen LogP contribution is 2.35. The first-order valence-corrected chi connectivity index (χ1v) is 6.09. The molecule has 0 aliphatic rings. The Morgan fingerprint density at radius 3 is 2.56 bits per heavy atom. The van der Waals surface area contributed by atoms with Gasteiger partial charge in [-0.2, -0.15) is 0 Å². The van der Waals surface area contributed by atoms with E-state index in [-0.39, 0.29) is 5.82 Å². The van der Waals surface area contributed by atoms with Crippen molar-refractivity contribution in [2.24, 2.45) is 0 Å². The molecule has 0 saturated heterocycles. The second-order valence-electron chi connectivity index (χ2n) is 4.33. The van der Waals surface area contributed by atoms with Crippen molar-refractivity contribution in [2.45, 2.75) is 20.3 Å². The third kappa shape index (κ3) is 2.23. The van der Waals surface area contributed by atoms with Gasteiger partial charge in [-0.25, -0.2) is 4.39 Å². The highest BCUT2D eigenvalue weighted by molar-refractivity contribution is 5.74. The zero-order chi connectivity index (χ0) is 13.1. The van der Waals surface area contributed by atoms with Gasteiger partial charge in [-0.05, 0) is 36.6 Å². The van der Waals surface area contributed by atoms with E-state index in [0.717, 1.165) is 28.9 Å². The molecule has 2 heteroatoms. The molecule has 1 nitrogen and oxygen atoms in total. The number of benzene rings is 2. The monoisotopic (exact) mass is 244 g/mol. The standard InChI is InChI=1S/C16H17FO/c1-4-12-6-5-7-15(18-3)16(12)13-9-8-11(2)10-14(13)17/h5-10H,4H2,1-3H3. The van der Waals surface area contributed by atoms with Crippen LogP contribution in [0.3, 0.4) is 0 Å². The van der Waals surface area contributed by atoms with Crippen molar-refractivity contribution >= 4 is 0 Å². The normalized spacial score (nSPS) is 10.4. The maximum Gasteiger partial charge on any atom is 0.131 e. The Morgan fingerprint density at radius 2 is 1.94 bits per heavy atom. The summed E-state index contributed by atoms with van der Waals surface area (Å²) in [5.74, 6) is 0.520. The zero-order valence-electron chi connectivity index (χ0n) is 11.0. The zero-order valence-corrected chi connectivity index (χ0v) is 11.0. The molecule has 94 valence electrons. The molecule has 0 fully saturated rings. The van der Waals surface area contributed by atoms with Crippen LogP contribution in [0.2, 0.25) is 0 Å². The van der Waals surface area contributed by atoms with Gasteiger partial charge in [-0.3, -0.25) is 0 Å². The maximum absolute atomic E-state index is 14.1. The molecule has 0 aromatic heterocycles. The lowest BCUT2D eigenvalue weighted by Gasteiger charge is -2.14. The van der Waals surface area contributed by atoms with Crippen molar-refractivity contribution < 1.29 is 9.13 Å². The highest BCUT2D eigenvalue weighted by atomic mass is 19.1. The van der Waals surface area contributed by atoms with Gasteiger partial charge < -0.3 is 4.74 Å². The minimum Gasteiger partial charge on any atom is -0.496 e. The van der Waals surface area contributed by atoms with Crippen LogP contribution in [0.15, 0.2) is 36.4 Å². The third-order valence-corrected chi connectivity index (χ3v) is 3.11. The van der Waals surface area contributed by atoms with Gasteiger partial charge in [0.05, 0.1) is 7.11 Å². The predicted octanol–water partition coefficient (Wildman–Crippen LogP) is 4.37. The van der Waals surface area contributed by atoms with Gasteiger partial charge in [0.1, 0.15) is 11.6 Å². The number of methoxy groups -OCH3 is 1. The van der Waals surface area contributed by atoms with Crippen LogP contribution in [-0.2, 0) is 6.42 Å². The predicted molar refractivity (Wildman–Crippen MR) is 72.5 cm³/mol. The van der Waals surface area contributed by atoms with E-state index >= 15 is 0 Å². The molecule has 0 radical (unpaired) electrons. The van der Waals surface area contributed by atoms with E-state index in [1.807, 2.05) is 37.3 Å². The van der Waals surface area contributed by atoms with Crippen LogP contribution in [0.1, 0.15) is 18.1 Å². The molecule has 0 atom stereocenters. The van der Waals surface area contributed by atoms with Gasteiger partial charge in [0.15, 0.2) is 0 Å². The lowest BCUT2D eigenvalue weighted by atomic mass is 9.96. The van der Waals surface area contributed by atoms with Crippen LogP contribution >= 0.6 is 0 Å². The van der Waals surface area contributed by atoms with E-state index in [9.17, 15) is 4.39 Å². The fourth-order valence-corrected chi connectivity index (χ4v) is 2.17. The summed E-state index contributed by atoms with van der Waals surface area (Å²) < 4.78 is 19.5. The van der Waals surface area contributed by atoms with E-state index < -0.39 is 0 Å². The Bertz CT molecular complexity index is 539. The number of aryl methyl sites for hydroxylation is 2. The lowest BCUT2D eigenvalue weighted by molar-refractivity contribution is 0.415. The molecule has 2 aromatic carbocycles. The molecule has 2 rings (SSSR count). The molecule has 0 saturated carbocycles. The van der Waals surface area contributed by atoms with Crippen molar-refractivity contribution in [1.82, 2.24) is 0 Å². The van der Waals surface area contributed by atoms with Gasteiger partial charge in [-0.1, -0.05) is 31.2 Å². The van der Waals surface area contributed by atoms with Crippen molar-refractivity contribution in [1.29, 1.82) is 0 Å². The van der Waals surface area contributed by atoms with Crippen LogP contribution in [0.4, 0.5) is 4.39 Å². The highest BCUT2D eigenvalue weighted by Gasteiger charge is 2.14. The summed E-state index contributed by atoms with van der Waals surface area (Å²) >= 11 is 0. The maximum atomic E-state index is 14.1. The van der Waals surface area contributed by atoms with Crippen LogP contribution in [0.5, 0.6) is 5.75 Å². The average Bonchev–Trinajstić information content (AvgIpc) is 2.38. The SMILES string of the molecule is CCc1cccc(OC)c1-c1ccc(C)cc1F. The van der Waals surface area contributed by atoms with Crippen LogP contribution in [0.25, 0.3) is 11.1 Å². The number of halogens is 1. The molecule has 0 spiro atoms. The lowest BCUT2D eigenvalue weighted by Crippen LogP contribution is -1.95. The quantitative estimate of drug-likeness (QED) is 0.779. The molecule has 0 unspecified atom stereocenters. The number of hydrogen-bond donors (Lipinski definition) is 0. The summed E-state index contributed by atoms with van der Waals surface area (Å²) in [5, 5.41) is 0. The van der Waals surface area contributed by atoms with Crippen molar-refractivity contribution in [3.63, 3.8) is 0 Å². The fraction of sp³-hybridized carbons (Fsp3) is 0.250. The molecule has 0 amide bonds. The summed E-state index contributed by atoms with van der Waals surface area (Å²) in [4.78, 5) is 0. The van der Waals surface area contributed by atoms with Gasteiger partial charge in [-0.15, -0.1) is 0 Å². The molecule has 2 aromatic rings. The van der Waals surface area contributed by atoms with Crippen molar-refractivity contribution in [3.8, 4) is 16.9 Å². The minimum atomic E-state index is -0.200. The second-order valence-corrected chi connectivity index (χ2v) is 4.33. The first-order valence-electron chi connectivity index (χ1n) is 6.09. The van der Waals surface area contributed by atoms with E-state index in [0.29, 0.717) is 5.56 Å². The van der Waals surface area contributed by atoms with E-state index in [4.69, 9.17) is 4.74 Å². The Balaban J connectivity index is 2.68. The molecule has 0 aliphatic carbocycles. The van der Waals surface area contributed by atoms with Gasteiger partial charge in [0.2, 0.25) is 0 Å². The number of hydrogen-bond acceptors (Lipinski definition) is 1. The number of rotatable bonds is 3. The second kappa shape index (κ2) is 5.21. The minimum absolute atomic E-state index is 0.200. The summed E-state index contributed by atoms with van der Waals surface area (Å²) in [7, 11) is 1.62. The van der Waals surface area contributed by atoms with E-state index in [1.165, 1.54) is 0 Å². The van der Waals surface area contributed by atoms with Crippen molar-refractivity contribution in [2.75, 3.05) is 7.11 Å². The van der Waals surface area contributed by atoms with Gasteiger partial charge >= 0.3 is 0 Å². The largest absolute Gasteiger partial charge is 0.496 e. The summed E-state index contributed by atoms with van der Waals surface area (Å²) in [6.07, 6.45) is 0.847. The third-order valence-electron chi connectivity index (χ3n) is 3.11. The fourth-order valence-electron chi connectivity index (χ4n) is 2.17. The smallest absolute Gasteiger partial charge is 0.131 e. The average molecular weight is 244 g/mol. The molecule has 0 heterocycles. The van der Waals surface area contributed by atoms with E-state index in [2.05, 4.69) is 6.92 Å². The first-order chi connectivity index (χ1) is 8.67. The summed E-state index contributed by atoms with van der Waals surface area (Å²) in [6, 6.07) is 11.1. The number of ether oxygens (including phenoxy) is 1. The Hall–Kier alpha value is -1.83. The molecular formula is C16H17FO. The van der Waals surface area contributed by atoms with Gasteiger partial charge in [0, 0.05) is 11.1 Å². The van der Waals surface area contributed by atoms with Crippen molar-refractivity contribution in [3.05, 3.63) is 53.3 Å². The van der Waals surface area contributed by atoms with Gasteiger partial charge in [0.25, 0.3) is 0 Å². The molecule has 0 N–H and O–H groups in total. The summed E-state index contributed by atoms with van der Waals surface area (Å²) in [5.41, 5.74) is 3.48. The molecule has 0 aliphatic heterocycles. The summed E-state index contributed by atoms with van der Waals surface area (Å²) in [6.45, 7) is 3.94. The Morgan fingerprint density at radius 1 is 1.17 bits per heavy atom. The van der Waals surface area contributed by atoms with Crippen LogP contribution < -0.4 is 4.74 Å². The molecular weight excluding hydrogens is 227 g/mol. The van der Waals surface area contributed by atoms with Crippen LogP contribution in [0, 0.1) is 12.7 Å². The first kappa shape index (κ1) is 12.6. The van der Waals surface area contributed by atoms with Crippen LogP contribution in [-0.4, -0.2) is 7.11 Å². The Kier molecular flexibility index (Phi) is 3.66. The topological polar surface area (TPSA) is 9.23 Å². The van der Waals surface area contributed by atoms with E-state index in [1.54, 1.807) is 13.2 Å². The molecule has 0 bridgehead atoms.